The molecule has 3 aromatic rings. The molecule has 1 atom stereocenters. The van der Waals surface area contributed by atoms with E-state index in [-0.39, 0.29) is 88.7 Å². The maximum Gasteiger partial charge on any atom is 0.273 e. The Balaban J connectivity index is 0.915. The number of piperidine rings is 1. The summed E-state index contributed by atoms with van der Waals surface area (Å²) in [6, 6.07) is 9.47. The fourth-order valence-corrected chi connectivity index (χ4v) is 5.60. The van der Waals surface area contributed by atoms with Crippen molar-refractivity contribution in [1.29, 1.82) is 0 Å². The van der Waals surface area contributed by atoms with Gasteiger partial charge in [0, 0.05) is 55.4 Å². The standard InChI is InChI=1S/C30H32N6O9S/c37-25(8-9-32-28(40)21-15-23(45-35-21)24-5-2-14-46-24)31-10-11-43-12-13-44-17-27(39)33-20-4-1-3-18-19(20)16-36(30(18)42)22-6-7-26(38)34-29(22)41/h1-5,14-15,22H,6-13,16-17H2,(H,31,37)(H,32,40)(H,33,39)(H,34,38,41). The zero-order valence-corrected chi connectivity index (χ0v) is 25.5. The van der Waals surface area contributed by atoms with E-state index in [4.69, 9.17) is 14.0 Å². The molecule has 0 spiro atoms. The van der Waals surface area contributed by atoms with Crippen LogP contribution in [0.15, 0.2) is 46.3 Å². The van der Waals surface area contributed by atoms with E-state index in [0.717, 1.165) is 4.88 Å². The Labute approximate surface area is 266 Å². The lowest BCUT2D eigenvalue weighted by atomic mass is 10.0. The smallest absolute Gasteiger partial charge is 0.273 e. The summed E-state index contributed by atoms with van der Waals surface area (Å²) in [6.07, 6.45) is 0.477. The average Bonchev–Trinajstić information content (AvgIpc) is 3.80. The van der Waals surface area contributed by atoms with Gasteiger partial charge >= 0.3 is 0 Å². The Morgan fingerprint density at radius 1 is 1.02 bits per heavy atom. The molecule has 1 aromatic carbocycles. The largest absolute Gasteiger partial charge is 0.377 e. The number of fused-ring (bicyclic) bond motifs is 1. The highest BCUT2D eigenvalue weighted by Gasteiger charge is 2.40. The quantitative estimate of drug-likeness (QED) is 0.136. The Hall–Kier alpha value is -4.93. The number of nitrogens with zero attached hydrogens (tertiary/aromatic N) is 2. The number of amides is 6. The lowest BCUT2D eigenvalue weighted by molar-refractivity contribution is -0.137. The fourth-order valence-electron chi connectivity index (χ4n) is 4.92. The number of aromatic nitrogens is 1. The SMILES string of the molecule is O=C(CCNC(=O)c1cc(-c2cccs2)on1)NCCOCCOCC(=O)Nc1cccc2c1CN(C1CCC(=O)NC1=O)C2=O. The van der Waals surface area contributed by atoms with E-state index in [1.165, 1.54) is 16.2 Å². The maximum atomic E-state index is 12.9. The minimum Gasteiger partial charge on any atom is -0.377 e. The third-order valence-corrected chi connectivity index (χ3v) is 8.06. The molecule has 4 N–H and O–H groups in total. The molecule has 0 bridgehead atoms. The summed E-state index contributed by atoms with van der Waals surface area (Å²) >= 11 is 1.47. The molecule has 2 aliphatic heterocycles. The molecule has 242 valence electrons. The van der Waals surface area contributed by atoms with E-state index in [1.54, 1.807) is 24.3 Å². The van der Waals surface area contributed by atoms with Gasteiger partial charge in [0.05, 0.1) is 24.7 Å². The van der Waals surface area contributed by atoms with Gasteiger partial charge in [-0.2, -0.15) is 0 Å². The molecule has 0 saturated carbocycles. The van der Waals surface area contributed by atoms with E-state index in [0.29, 0.717) is 22.6 Å². The van der Waals surface area contributed by atoms with Gasteiger partial charge in [0.1, 0.15) is 12.6 Å². The van der Waals surface area contributed by atoms with Crippen molar-refractivity contribution in [3.8, 4) is 10.6 Å². The number of carbonyl (C=O) groups excluding carboxylic acids is 6. The van der Waals surface area contributed by atoms with E-state index in [9.17, 15) is 28.8 Å². The number of nitrogens with one attached hydrogen (secondary N) is 4. The van der Waals surface area contributed by atoms with Crippen molar-refractivity contribution in [3.63, 3.8) is 0 Å². The molecule has 0 aliphatic carbocycles. The molecule has 16 heteroatoms. The second-order valence-corrected chi connectivity index (χ2v) is 11.3. The zero-order chi connectivity index (χ0) is 32.5. The molecule has 5 rings (SSSR count). The van der Waals surface area contributed by atoms with Crippen molar-refractivity contribution in [1.82, 2.24) is 26.0 Å². The van der Waals surface area contributed by atoms with Crippen LogP contribution < -0.4 is 21.3 Å². The van der Waals surface area contributed by atoms with Crippen LogP contribution in [0.5, 0.6) is 0 Å². The molecule has 4 heterocycles. The summed E-state index contributed by atoms with van der Waals surface area (Å²) in [4.78, 5) is 75.7. The maximum absolute atomic E-state index is 12.9. The number of benzene rings is 1. The summed E-state index contributed by atoms with van der Waals surface area (Å²) in [5, 5.41) is 16.0. The molecule has 1 saturated heterocycles. The Morgan fingerprint density at radius 2 is 1.87 bits per heavy atom. The van der Waals surface area contributed by atoms with Crippen molar-refractivity contribution < 1.29 is 42.8 Å². The first-order valence-corrected chi connectivity index (χ1v) is 15.5. The van der Waals surface area contributed by atoms with Crippen LogP contribution in [0, 0.1) is 0 Å². The van der Waals surface area contributed by atoms with E-state index >= 15 is 0 Å². The van der Waals surface area contributed by atoms with Crippen molar-refractivity contribution >= 4 is 52.5 Å². The lowest BCUT2D eigenvalue weighted by Gasteiger charge is -2.29. The fraction of sp³-hybridized carbons (Fsp3) is 0.367. The van der Waals surface area contributed by atoms with Gasteiger partial charge in [0.25, 0.3) is 11.8 Å². The highest BCUT2D eigenvalue weighted by molar-refractivity contribution is 7.13. The molecule has 1 unspecified atom stereocenters. The molecule has 2 aliphatic rings. The molecular weight excluding hydrogens is 620 g/mol. The highest BCUT2D eigenvalue weighted by atomic mass is 32.1. The van der Waals surface area contributed by atoms with Crippen LogP contribution >= 0.6 is 11.3 Å². The number of thiophene rings is 1. The van der Waals surface area contributed by atoms with Crippen LogP contribution in [-0.4, -0.2) is 91.1 Å². The number of rotatable bonds is 15. The van der Waals surface area contributed by atoms with Crippen LogP contribution in [0.25, 0.3) is 10.6 Å². The molecule has 6 amide bonds. The molecule has 0 radical (unpaired) electrons. The minimum absolute atomic E-state index is 0.0767. The van der Waals surface area contributed by atoms with Crippen molar-refractivity contribution in [2.24, 2.45) is 0 Å². The van der Waals surface area contributed by atoms with Gasteiger partial charge in [0.2, 0.25) is 23.6 Å². The van der Waals surface area contributed by atoms with Gasteiger partial charge in [-0.1, -0.05) is 17.3 Å². The van der Waals surface area contributed by atoms with E-state index < -0.39 is 23.8 Å². The number of hydrogen-bond donors (Lipinski definition) is 4. The summed E-state index contributed by atoms with van der Waals surface area (Å²) in [5.74, 6) is -1.81. The van der Waals surface area contributed by atoms with Gasteiger partial charge in [-0.3, -0.25) is 34.1 Å². The van der Waals surface area contributed by atoms with Gasteiger partial charge in [-0.25, -0.2) is 0 Å². The summed E-state index contributed by atoms with van der Waals surface area (Å²) in [6.45, 7) is 0.836. The summed E-state index contributed by atoms with van der Waals surface area (Å²) < 4.78 is 16.0. The number of imide groups is 1. The predicted molar refractivity (Wildman–Crippen MR) is 163 cm³/mol. The summed E-state index contributed by atoms with van der Waals surface area (Å²) in [5.41, 5.74) is 1.57. The van der Waals surface area contributed by atoms with Crippen molar-refractivity contribution in [2.75, 3.05) is 44.8 Å². The van der Waals surface area contributed by atoms with Gasteiger partial charge in [-0.15, -0.1) is 11.3 Å². The molecule has 1 fully saturated rings. The Kier molecular flexibility index (Phi) is 10.9. The van der Waals surface area contributed by atoms with Crippen molar-refractivity contribution in [3.05, 3.63) is 58.6 Å². The van der Waals surface area contributed by atoms with E-state index in [2.05, 4.69) is 26.4 Å². The first kappa shape index (κ1) is 32.5. The van der Waals surface area contributed by atoms with Crippen molar-refractivity contribution in [2.45, 2.75) is 31.8 Å². The lowest BCUT2D eigenvalue weighted by Crippen LogP contribution is -2.52. The second-order valence-electron chi connectivity index (χ2n) is 10.4. The van der Waals surface area contributed by atoms with E-state index in [1.807, 2.05) is 17.5 Å². The van der Waals surface area contributed by atoms with Crippen LogP contribution in [0.3, 0.4) is 0 Å². The van der Waals surface area contributed by atoms with Crippen LogP contribution in [0.4, 0.5) is 5.69 Å². The first-order valence-electron chi connectivity index (χ1n) is 14.6. The molecule has 15 nitrogen and oxygen atoms in total. The molecule has 2 aromatic heterocycles. The Bertz CT molecular complexity index is 1610. The summed E-state index contributed by atoms with van der Waals surface area (Å²) in [7, 11) is 0. The third kappa shape index (κ3) is 8.21. The van der Waals surface area contributed by atoms with Crippen LogP contribution in [0.2, 0.25) is 0 Å². The van der Waals surface area contributed by atoms with Gasteiger partial charge in [-0.05, 0) is 30.0 Å². The normalized spacial score (nSPS) is 15.8. The number of ether oxygens (including phenoxy) is 2. The zero-order valence-electron chi connectivity index (χ0n) is 24.7. The first-order chi connectivity index (χ1) is 22.3. The van der Waals surface area contributed by atoms with Crippen LogP contribution in [-0.2, 0) is 35.2 Å². The minimum atomic E-state index is -0.748. The predicted octanol–water partition coefficient (Wildman–Crippen LogP) is 1.07. The Morgan fingerprint density at radius 3 is 2.67 bits per heavy atom. The van der Waals surface area contributed by atoms with Gasteiger partial charge in [0.15, 0.2) is 11.5 Å². The second kappa shape index (κ2) is 15.4. The monoisotopic (exact) mass is 652 g/mol. The highest BCUT2D eigenvalue weighted by Crippen LogP contribution is 2.32. The molecule has 46 heavy (non-hydrogen) atoms. The third-order valence-electron chi connectivity index (χ3n) is 7.17. The number of anilines is 1. The number of carbonyl (C=O) groups is 6. The number of hydrogen-bond acceptors (Lipinski definition) is 11. The van der Waals surface area contributed by atoms with Crippen LogP contribution in [0.1, 0.15) is 45.7 Å². The molecular formula is C30H32N6O9S. The van der Waals surface area contributed by atoms with Gasteiger partial charge < -0.3 is 34.8 Å². The average molecular weight is 653 g/mol. The topological polar surface area (TPSA) is 198 Å².